The number of carbonyl (C=O) groups is 1. The minimum Gasteiger partial charge on any atom is -0.487 e. The van der Waals surface area contributed by atoms with Crippen LogP contribution in [-0.4, -0.2) is 11.8 Å². The Morgan fingerprint density at radius 2 is 1.76 bits per heavy atom. The summed E-state index contributed by atoms with van der Waals surface area (Å²) in [6, 6.07) is 16.9. The van der Waals surface area contributed by atoms with Crippen molar-refractivity contribution in [1.29, 1.82) is 0 Å². The van der Waals surface area contributed by atoms with Crippen molar-refractivity contribution < 1.29 is 18.8 Å². The summed E-state index contributed by atoms with van der Waals surface area (Å²) in [6.07, 6.45) is 0. The van der Waals surface area contributed by atoms with Gasteiger partial charge < -0.3 is 15.3 Å². The van der Waals surface area contributed by atoms with Crippen molar-refractivity contribution in [1.82, 2.24) is 0 Å². The van der Waals surface area contributed by atoms with E-state index in [1.807, 2.05) is 0 Å². The first-order valence-electron chi connectivity index (χ1n) is 8.40. The third-order valence-electron chi connectivity index (χ3n) is 3.82. The number of benzene rings is 3. The Kier molecular flexibility index (Phi) is 6.69. The van der Waals surface area contributed by atoms with Gasteiger partial charge in [-0.1, -0.05) is 40.5 Å². The number of amidine groups is 1. The predicted octanol–water partition coefficient (Wildman–Crippen LogP) is 5.19. The first kappa shape index (κ1) is 20.6. The van der Waals surface area contributed by atoms with E-state index in [0.29, 0.717) is 21.4 Å². The smallest absolute Gasteiger partial charge is 0.365 e. The lowest BCUT2D eigenvalue weighted by molar-refractivity contribution is 0.0516. The second kappa shape index (κ2) is 9.41. The van der Waals surface area contributed by atoms with Crippen LogP contribution in [0.5, 0.6) is 5.75 Å². The standard InChI is InChI=1S/C21H15Cl2FN2O3/c22-16-6-9-19(18(23)11-16)28-12-13-2-1-3-15(10-13)21(27)29-26-20(25)14-4-7-17(24)8-5-14/h1-11H,12H2,(H2,25,26). The summed E-state index contributed by atoms with van der Waals surface area (Å²) in [6.45, 7) is 0.184. The number of oxime groups is 1. The molecule has 0 amide bonds. The van der Waals surface area contributed by atoms with Crippen molar-refractivity contribution in [3.63, 3.8) is 0 Å². The van der Waals surface area contributed by atoms with Crippen LogP contribution in [0.4, 0.5) is 4.39 Å². The Bertz CT molecular complexity index is 1060. The van der Waals surface area contributed by atoms with Gasteiger partial charge in [0.1, 0.15) is 18.2 Å². The fraction of sp³-hybridized carbons (Fsp3) is 0.0476. The van der Waals surface area contributed by atoms with Gasteiger partial charge in [0.2, 0.25) is 0 Å². The van der Waals surface area contributed by atoms with E-state index < -0.39 is 11.8 Å². The third-order valence-corrected chi connectivity index (χ3v) is 4.35. The maximum atomic E-state index is 12.9. The number of carbonyl (C=O) groups excluding carboxylic acids is 1. The third kappa shape index (κ3) is 5.70. The van der Waals surface area contributed by atoms with Crippen molar-refractivity contribution in [3.05, 3.63) is 99.3 Å². The zero-order chi connectivity index (χ0) is 20.8. The van der Waals surface area contributed by atoms with Crippen molar-refractivity contribution in [2.75, 3.05) is 0 Å². The average molecular weight is 433 g/mol. The van der Waals surface area contributed by atoms with E-state index in [1.54, 1.807) is 42.5 Å². The summed E-state index contributed by atoms with van der Waals surface area (Å²) >= 11 is 11.9. The summed E-state index contributed by atoms with van der Waals surface area (Å²) in [4.78, 5) is 17.1. The topological polar surface area (TPSA) is 73.9 Å². The number of ether oxygens (including phenoxy) is 1. The highest BCUT2D eigenvalue weighted by molar-refractivity contribution is 6.35. The monoisotopic (exact) mass is 432 g/mol. The molecule has 0 aliphatic rings. The molecule has 3 aromatic rings. The molecule has 0 aromatic heterocycles. The Hall–Kier alpha value is -3.09. The van der Waals surface area contributed by atoms with Crippen molar-refractivity contribution in [2.24, 2.45) is 10.9 Å². The molecule has 2 N–H and O–H groups in total. The van der Waals surface area contributed by atoms with Crippen LogP contribution in [0.2, 0.25) is 10.0 Å². The summed E-state index contributed by atoms with van der Waals surface area (Å²) in [5.74, 6) is -0.671. The molecular formula is C21H15Cl2FN2O3. The van der Waals surface area contributed by atoms with Crippen LogP contribution in [-0.2, 0) is 11.4 Å². The fourth-order valence-electron chi connectivity index (χ4n) is 2.36. The van der Waals surface area contributed by atoms with E-state index in [0.717, 1.165) is 5.56 Å². The number of hydrogen-bond donors (Lipinski definition) is 1. The van der Waals surface area contributed by atoms with Crippen molar-refractivity contribution >= 4 is 35.0 Å². The van der Waals surface area contributed by atoms with Crippen LogP contribution in [0.25, 0.3) is 0 Å². The van der Waals surface area contributed by atoms with Crippen molar-refractivity contribution in [2.45, 2.75) is 6.61 Å². The quantitative estimate of drug-likeness (QED) is 0.251. The summed E-state index contributed by atoms with van der Waals surface area (Å²) in [5, 5.41) is 4.50. The molecule has 3 aromatic carbocycles. The molecule has 29 heavy (non-hydrogen) atoms. The van der Waals surface area contributed by atoms with Gasteiger partial charge in [-0.15, -0.1) is 0 Å². The molecule has 0 aliphatic carbocycles. The highest BCUT2D eigenvalue weighted by Crippen LogP contribution is 2.28. The first-order chi connectivity index (χ1) is 13.9. The lowest BCUT2D eigenvalue weighted by Gasteiger charge is -2.09. The fourth-order valence-corrected chi connectivity index (χ4v) is 2.82. The molecule has 0 bridgehead atoms. The first-order valence-corrected chi connectivity index (χ1v) is 9.15. The summed E-state index contributed by atoms with van der Waals surface area (Å²) in [7, 11) is 0. The summed E-state index contributed by atoms with van der Waals surface area (Å²) < 4.78 is 18.6. The predicted molar refractivity (Wildman–Crippen MR) is 110 cm³/mol. The van der Waals surface area contributed by atoms with E-state index in [1.165, 1.54) is 24.3 Å². The number of rotatable bonds is 6. The van der Waals surface area contributed by atoms with Crippen LogP contribution >= 0.6 is 23.2 Å². The summed E-state index contributed by atoms with van der Waals surface area (Å²) in [5.41, 5.74) is 7.17. The number of nitrogens with zero attached hydrogens (tertiary/aromatic N) is 1. The lowest BCUT2D eigenvalue weighted by Crippen LogP contribution is -2.15. The molecule has 8 heteroatoms. The maximum absolute atomic E-state index is 12.9. The van der Waals surface area contributed by atoms with E-state index in [9.17, 15) is 9.18 Å². The highest BCUT2D eigenvalue weighted by Gasteiger charge is 2.10. The molecular weight excluding hydrogens is 418 g/mol. The molecule has 0 atom stereocenters. The normalized spacial score (nSPS) is 11.2. The van der Waals surface area contributed by atoms with Gasteiger partial charge in [0.25, 0.3) is 0 Å². The van der Waals surface area contributed by atoms with Crippen LogP contribution in [0.1, 0.15) is 21.5 Å². The van der Waals surface area contributed by atoms with Gasteiger partial charge in [0, 0.05) is 10.6 Å². The molecule has 0 heterocycles. The van der Waals surface area contributed by atoms with Gasteiger partial charge in [-0.05, 0) is 60.2 Å². The molecule has 3 rings (SSSR count). The Labute approximate surface area is 176 Å². The molecule has 5 nitrogen and oxygen atoms in total. The van der Waals surface area contributed by atoms with Crippen molar-refractivity contribution in [3.8, 4) is 5.75 Å². The molecule has 0 spiro atoms. The van der Waals surface area contributed by atoms with Gasteiger partial charge >= 0.3 is 5.97 Å². The zero-order valence-corrected chi connectivity index (χ0v) is 16.5. The number of nitrogens with two attached hydrogens (primary N) is 1. The average Bonchev–Trinajstić information content (AvgIpc) is 2.72. The molecule has 0 fully saturated rings. The Morgan fingerprint density at radius 3 is 2.48 bits per heavy atom. The van der Waals surface area contributed by atoms with Crippen LogP contribution in [0.3, 0.4) is 0 Å². The van der Waals surface area contributed by atoms with E-state index in [4.69, 9.17) is 38.5 Å². The molecule has 0 radical (unpaired) electrons. The van der Waals surface area contributed by atoms with E-state index in [-0.39, 0.29) is 18.0 Å². The minimum absolute atomic E-state index is 0.0461. The Morgan fingerprint density at radius 1 is 1.00 bits per heavy atom. The SMILES string of the molecule is N/C(=N\OC(=O)c1cccc(COc2ccc(Cl)cc2Cl)c1)c1ccc(F)cc1. The van der Waals surface area contributed by atoms with Crippen LogP contribution in [0.15, 0.2) is 71.9 Å². The molecule has 0 unspecified atom stereocenters. The minimum atomic E-state index is -0.693. The number of halogens is 3. The second-order valence-electron chi connectivity index (χ2n) is 5.93. The Balaban J connectivity index is 1.64. The van der Waals surface area contributed by atoms with Gasteiger partial charge in [0.05, 0.1) is 10.6 Å². The maximum Gasteiger partial charge on any atom is 0.365 e. The van der Waals surface area contributed by atoms with Gasteiger partial charge in [0.15, 0.2) is 5.84 Å². The van der Waals surface area contributed by atoms with Gasteiger partial charge in [-0.2, -0.15) is 0 Å². The van der Waals surface area contributed by atoms with E-state index >= 15 is 0 Å². The second-order valence-corrected chi connectivity index (χ2v) is 6.77. The molecule has 0 saturated heterocycles. The number of hydrogen-bond acceptors (Lipinski definition) is 4. The highest BCUT2D eigenvalue weighted by atomic mass is 35.5. The molecule has 0 aliphatic heterocycles. The largest absolute Gasteiger partial charge is 0.487 e. The zero-order valence-electron chi connectivity index (χ0n) is 14.9. The lowest BCUT2D eigenvalue weighted by atomic mass is 10.1. The molecule has 148 valence electrons. The molecule has 0 saturated carbocycles. The van der Waals surface area contributed by atoms with E-state index in [2.05, 4.69) is 5.16 Å². The van der Waals surface area contributed by atoms with Gasteiger partial charge in [-0.3, -0.25) is 0 Å². The van der Waals surface area contributed by atoms with Gasteiger partial charge in [-0.25, -0.2) is 9.18 Å². The van der Waals surface area contributed by atoms with Crippen LogP contribution in [0, 0.1) is 5.82 Å². The van der Waals surface area contributed by atoms with Crippen LogP contribution < -0.4 is 10.5 Å².